The van der Waals surface area contributed by atoms with E-state index in [-0.39, 0.29) is 23.7 Å². The number of esters is 1. The molecule has 7 heteroatoms. The Morgan fingerprint density at radius 3 is 2.46 bits per heavy atom. The summed E-state index contributed by atoms with van der Waals surface area (Å²) in [4.78, 5) is 42.5. The standard InChI is InChI=1S/C21H29N3O4/c1-20(2,3)28-19(27)21(4)9-11-24(12-10-21)16-7-5-14(13-22-16)15-6-8-17(25)23-18(15)26/h5,7,13,15H,6,8-12H2,1-4H3,(H,23,25,26)/t15-/m1/s1. The third kappa shape index (κ3) is 4.51. The zero-order valence-electron chi connectivity index (χ0n) is 17.1. The van der Waals surface area contributed by atoms with Gasteiger partial charge in [0.2, 0.25) is 11.8 Å². The maximum Gasteiger partial charge on any atom is 0.312 e. The molecule has 1 N–H and O–H groups in total. The van der Waals surface area contributed by atoms with Crippen molar-refractivity contribution in [3.8, 4) is 0 Å². The van der Waals surface area contributed by atoms with Crippen molar-refractivity contribution in [1.82, 2.24) is 10.3 Å². The summed E-state index contributed by atoms with van der Waals surface area (Å²) in [6.07, 6.45) is 4.01. The third-order valence-electron chi connectivity index (χ3n) is 5.49. The molecule has 2 fully saturated rings. The Bertz CT molecular complexity index is 759. The van der Waals surface area contributed by atoms with Gasteiger partial charge in [0.15, 0.2) is 0 Å². The highest BCUT2D eigenvalue weighted by atomic mass is 16.6. The summed E-state index contributed by atoms with van der Waals surface area (Å²) in [5.41, 5.74) is -0.134. The van der Waals surface area contributed by atoms with E-state index in [1.807, 2.05) is 39.8 Å². The molecule has 3 heterocycles. The van der Waals surface area contributed by atoms with E-state index in [0.29, 0.717) is 25.7 Å². The van der Waals surface area contributed by atoms with Gasteiger partial charge in [0.05, 0.1) is 11.3 Å². The normalized spacial score (nSPS) is 22.6. The van der Waals surface area contributed by atoms with E-state index in [9.17, 15) is 14.4 Å². The molecule has 1 aromatic heterocycles. The summed E-state index contributed by atoms with van der Waals surface area (Å²) < 4.78 is 5.59. The maximum absolute atomic E-state index is 12.5. The molecule has 1 aromatic rings. The lowest BCUT2D eigenvalue weighted by atomic mass is 9.80. The molecule has 28 heavy (non-hydrogen) atoms. The Balaban J connectivity index is 1.61. The van der Waals surface area contributed by atoms with Crippen LogP contribution >= 0.6 is 0 Å². The largest absolute Gasteiger partial charge is 0.460 e. The Labute approximate surface area is 165 Å². The van der Waals surface area contributed by atoms with E-state index in [1.165, 1.54) is 0 Å². The van der Waals surface area contributed by atoms with E-state index in [1.54, 1.807) is 6.20 Å². The lowest BCUT2D eigenvalue weighted by Gasteiger charge is -2.39. The second-order valence-corrected chi connectivity index (χ2v) is 9.00. The smallest absolute Gasteiger partial charge is 0.312 e. The van der Waals surface area contributed by atoms with Gasteiger partial charge in [-0.05, 0) is 58.6 Å². The van der Waals surface area contributed by atoms with Crippen LogP contribution in [0.5, 0.6) is 0 Å². The molecule has 7 nitrogen and oxygen atoms in total. The number of rotatable bonds is 3. The van der Waals surface area contributed by atoms with Crippen LogP contribution in [-0.4, -0.2) is 41.5 Å². The van der Waals surface area contributed by atoms with E-state index >= 15 is 0 Å². The van der Waals surface area contributed by atoms with Gasteiger partial charge in [-0.3, -0.25) is 19.7 Å². The summed E-state index contributed by atoms with van der Waals surface area (Å²) in [5.74, 6) is -0.0942. The summed E-state index contributed by atoms with van der Waals surface area (Å²) in [7, 11) is 0. The van der Waals surface area contributed by atoms with Crippen LogP contribution in [0, 0.1) is 5.41 Å². The molecule has 2 aliphatic heterocycles. The molecular formula is C21H29N3O4. The molecule has 152 valence electrons. The molecule has 0 aromatic carbocycles. The number of amides is 2. The number of pyridine rings is 1. The lowest BCUT2D eigenvalue weighted by Crippen LogP contribution is -2.45. The predicted octanol–water partition coefficient (Wildman–Crippen LogP) is 2.55. The highest BCUT2D eigenvalue weighted by molar-refractivity contribution is 6.00. The lowest BCUT2D eigenvalue weighted by molar-refractivity contribution is -0.168. The van der Waals surface area contributed by atoms with Crippen molar-refractivity contribution in [2.75, 3.05) is 18.0 Å². The zero-order chi connectivity index (χ0) is 20.5. The van der Waals surface area contributed by atoms with Crippen LogP contribution in [0.25, 0.3) is 0 Å². The highest BCUT2D eigenvalue weighted by Crippen LogP contribution is 2.35. The van der Waals surface area contributed by atoms with Gasteiger partial charge in [-0.25, -0.2) is 4.98 Å². The minimum absolute atomic E-state index is 0.138. The van der Waals surface area contributed by atoms with E-state index in [0.717, 1.165) is 24.5 Å². The van der Waals surface area contributed by atoms with Crippen LogP contribution in [-0.2, 0) is 19.1 Å². The fraction of sp³-hybridized carbons (Fsp3) is 0.619. The average molecular weight is 387 g/mol. The van der Waals surface area contributed by atoms with Crippen molar-refractivity contribution in [2.24, 2.45) is 5.41 Å². The number of hydrogen-bond acceptors (Lipinski definition) is 6. The SMILES string of the molecule is CC(C)(C)OC(=O)C1(C)CCN(c2ccc([C@H]3CCC(=O)NC3=O)cn2)CC1. The second kappa shape index (κ2) is 7.53. The minimum Gasteiger partial charge on any atom is -0.460 e. The van der Waals surface area contributed by atoms with Gasteiger partial charge >= 0.3 is 5.97 Å². The number of ether oxygens (including phenoxy) is 1. The van der Waals surface area contributed by atoms with Crippen molar-refractivity contribution in [3.63, 3.8) is 0 Å². The fourth-order valence-electron chi connectivity index (χ4n) is 3.64. The van der Waals surface area contributed by atoms with E-state index in [4.69, 9.17) is 4.74 Å². The van der Waals surface area contributed by atoms with Crippen molar-refractivity contribution in [1.29, 1.82) is 0 Å². The molecule has 1 atom stereocenters. The number of aromatic nitrogens is 1. The first-order chi connectivity index (χ1) is 13.1. The Morgan fingerprint density at radius 2 is 1.93 bits per heavy atom. The van der Waals surface area contributed by atoms with E-state index in [2.05, 4.69) is 15.2 Å². The Hall–Kier alpha value is -2.44. The van der Waals surface area contributed by atoms with Crippen molar-refractivity contribution in [2.45, 2.75) is 64.9 Å². The fourth-order valence-corrected chi connectivity index (χ4v) is 3.64. The molecule has 0 radical (unpaired) electrons. The highest BCUT2D eigenvalue weighted by Gasteiger charge is 2.40. The van der Waals surface area contributed by atoms with Crippen molar-refractivity contribution < 1.29 is 19.1 Å². The Kier molecular flexibility index (Phi) is 5.46. The van der Waals surface area contributed by atoms with Crippen LogP contribution < -0.4 is 10.2 Å². The Morgan fingerprint density at radius 1 is 1.25 bits per heavy atom. The molecule has 2 amide bonds. The predicted molar refractivity (Wildman–Crippen MR) is 105 cm³/mol. The van der Waals surface area contributed by atoms with E-state index < -0.39 is 11.0 Å². The van der Waals surface area contributed by atoms with Gasteiger partial charge in [-0.2, -0.15) is 0 Å². The molecule has 0 bridgehead atoms. The van der Waals surface area contributed by atoms with Crippen LogP contribution in [0.15, 0.2) is 18.3 Å². The van der Waals surface area contributed by atoms with Gasteiger partial charge in [0, 0.05) is 25.7 Å². The van der Waals surface area contributed by atoms with Gasteiger partial charge in [0.25, 0.3) is 0 Å². The zero-order valence-corrected chi connectivity index (χ0v) is 17.1. The van der Waals surface area contributed by atoms with Gasteiger partial charge in [-0.15, -0.1) is 0 Å². The molecule has 0 aliphatic carbocycles. The van der Waals surface area contributed by atoms with Crippen LogP contribution in [0.4, 0.5) is 5.82 Å². The number of hydrogen-bond donors (Lipinski definition) is 1. The summed E-state index contributed by atoms with van der Waals surface area (Å²) >= 11 is 0. The average Bonchev–Trinajstić information content (AvgIpc) is 2.61. The first-order valence-corrected chi connectivity index (χ1v) is 9.85. The monoisotopic (exact) mass is 387 g/mol. The number of imide groups is 1. The molecule has 3 rings (SSSR count). The van der Waals surface area contributed by atoms with Crippen LogP contribution in [0.3, 0.4) is 0 Å². The van der Waals surface area contributed by atoms with Gasteiger partial charge in [0.1, 0.15) is 11.4 Å². The van der Waals surface area contributed by atoms with Crippen molar-refractivity contribution >= 4 is 23.6 Å². The first-order valence-electron chi connectivity index (χ1n) is 9.85. The van der Waals surface area contributed by atoms with Crippen molar-refractivity contribution in [3.05, 3.63) is 23.9 Å². The topological polar surface area (TPSA) is 88.6 Å². The quantitative estimate of drug-likeness (QED) is 0.633. The molecule has 0 saturated carbocycles. The first kappa shape index (κ1) is 20.3. The number of carbonyl (C=O) groups is 3. The summed E-state index contributed by atoms with van der Waals surface area (Å²) in [6.45, 7) is 9.07. The van der Waals surface area contributed by atoms with Gasteiger partial charge in [-0.1, -0.05) is 6.07 Å². The molecule has 0 unspecified atom stereocenters. The number of anilines is 1. The summed E-state index contributed by atoms with van der Waals surface area (Å²) in [5, 5.41) is 2.38. The van der Waals surface area contributed by atoms with Crippen LogP contribution in [0.2, 0.25) is 0 Å². The maximum atomic E-state index is 12.5. The molecule has 2 aliphatic rings. The third-order valence-corrected chi connectivity index (χ3v) is 5.49. The summed E-state index contributed by atoms with van der Waals surface area (Å²) in [6, 6.07) is 3.82. The number of piperidine rings is 2. The molecular weight excluding hydrogens is 358 g/mol. The minimum atomic E-state index is -0.482. The number of nitrogens with zero attached hydrogens (tertiary/aromatic N) is 2. The van der Waals surface area contributed by atoms with Crippen LogP contribution in [0.1, 0.15) is 64.9 Å². The molecule has 2 saturated heterocycles. The molecule has 0 spiro atoms. The second-order valence-electron chi connectivity index (χ2n) is 9.00. The number of carbonyl (C=O) groups excluding carboxylic acids is 3. The van der Waals surface area contributed by atoms with Gasteiger partial charge < -0.3 is 9.64 Å². The number of nitrogens with one attached hydrogen (secondary N) is 1.